The number of benzene rings is 1. The highest BCUT2D eigenvalue weighted by atomic mass is 16.5. The Bertz CT molecular complexity index is 643. The number of carbonyl (C=O) groups excluding carboxylic acids is 1. The predicted molar refractivity (Wildman–Crippen MR) is 87.3 cm³/mol. The molecule has 2 aromatic rings. The smallest absolute Gasteiger partial charge is 0.244 e. The fraction of sp³-hybridized carbons (Fsp3) is 0.500. The zero-order chi connectivity index (χ0) is 16.8. The van der Waals surface area contributed by atoms with E-state index in [-0.39, 0.29) is 12.5 Å². The number of amides is 1. The molecule has 24 heavy (non-hydrogen) atoms. The second-order valence-electron chi connectivity index (χ2n) is 5.87. The minimum atomic E-state index is 0.0635. The molecule has 0 saturated carbocycles. The zero-order valence-electron chi connectivity index (χ0n) is 13.8. The lowest BCUT2D eigenvalue weighted by atomic mass is 10.2. The standard InChI is InChI=1S/C16H22N6O2/c1-24-15-5-3-14(4-6-15)11-20-7-2-8-21(10-9-20)16(23)12-22-13-17-18-19-22/h3-6,13H,2,7-12H2,1H3. The van der Waals surface area contributed by atoms with Gasteiger partial charge >= 0.3 is 0 Å². The maximum Gasteiger partial charge on any atom is 0.244 e. The highest BCUT2D eigenvalue weighted by Gasteiger charge is 2.19. The molecule has 128 valence electrons. The van der Waals surface area contributed by atoms with Gasteiger partial charge in [0.1, 0.15) is 18.6 Å². The molecule has 8 nitrogen and oxygen atoms in total. The van der Waals surface area contributed by atoms with E-state index in [1.165, 1.54) is 16.6 Å². The average Bonchev–Trinajstić information content (AvgIpc) is 3.00. The van der Waals surface area contributed by atoms with Gasteiger partial charge in [0.25, 0.3) is 0 Å². The Morgan fingerprint density at radius 1 is 1.17 bits per heavy atom. The van der Waals surface area contributed by atoms with Crippen LogP contribution >= 0.6 is 0 Å². The van der Waals surface area contributed by atoms with Crippen LogP contribution in [-0.4, -0.2) is 69.2 Å². The summed E-state index contributed by atoms with van der Waals surface area (Å²) in [4.78, 5) is 16.6. The van der Waals surface area contributed by atoms with Crippen molar-refractivity contribution in [2.45, 2.75) is 19.5 Å². The summed E-state index contributed by atoms with van der Waals surface area (Å²) in [6.07, 6.45) is 2.43. The minimum absolute atomic E-state index is 0.0635. The lowest BCUT2D eigenvalue weighted by Crippen LogP contribution is -2.37. The molecule has 0 N–H and O–H groups in total. The van der Waals surface area contributed by atoms with Gasteiger partial charge in [-0.2, -0.15) is 0 Å². The Morgan fingerprint density at radius 2 is 2.00 bits per heavy atom. The Morgan fingerprint density at radius 3 is 2.71 bits per heavy atom. The van der Waals surface area contributed by atoms with Gasteiger partial charge < -0.3 is 9.64 Å². The number of hydrogen-bond acceptors (Lipinski definition) is 6. The molecular weight excluding hydrogens is 308 g/mol. The van der Waals surface area contributed by atoms with E-state index in [0.29, 0.717) is 0 Å². The third kappa shape index (κ3) is 4.29. The van der Waals surface area contributed by atoms with Crippen molar-refractivity contribution in [1.82, 2.24) is 30.0 Å². The Labute approximate surface area is 141 Å². The number of rotatable bonds is 5. The molecule has 0 bridgehead atoms. The van der Waals surface area contributed by atoms with Crippen LogP contribution in [-0.2, 0) is 17.9 Å². The van der Waals surface area contributed by atoms with E-state index in [0.717, 1.165) is 44.9 Å². The second-order valence-corrected chi connectivity index (χ2v) is 5.87. The second kappa shape index (κ2) is 7.87. The van der Waals surface area contributed by atoms with Crippen LogP contribution in [0.2, 0.25) is 0 Å². The normalized spacial score (nSPS) is 16.0. The van der Waals surface area contributed by atoms with E-state index in [1.54, 1.807) is 7.11 Å². The number of nitrogens with zero attached hydrogens (tertiary/aromatic N) is 6. The highest BCUT2D eigenvalue weighted by molar-refractivity contribution is 5.75. The molecule has 1 amide bonds. The van der Waals surface area contributed by atoms with E-state index >= 15 is 0 Å². The molecule has 1 aliphatic heterocycles. The number of ether oxygens (including phenoxy) is 1. The number of aromatic nitrogens is 4. The third-order valence-electron chi connectivity index (χ3n) is 4.20. The van der Waals surface area contributed by atoms with Crippen LogP contribution in [0.15, 0.2) is 30.6 Å². The van der Waals surface area contributed by atoms with Crippen molar-refractivity contribution in [1.29, 1.82) is 0 Å². The Balaban J connectivity index is 1.51. The molecule has 0 spiro atoms. The summed E-state index contributed by atoms with van der Waals surface area (Å²) in [7, 11) is 1.67. The summed E-state index contributed by atoms with van der Waals surface area (Å²) >= 11 is 0. The number of hydrogen-bond donors (Lipinski definition) is 0. The van der Waals surface area contributed by atoms with Crippen LogP contribution in [0, 0.1) is 0 Å². The molecular formula is C16H22N6O2. The van der Waals surface area contributed by atoms with Gasteiger partial charge in [-0.15, -0.1) is 5.10 Å². The van der Waals surface area contributed by atoms with Crippen LogP contribution in [0.5, 0.6) is 5.75 Å². The molecule has 2 heterocycles. The lowest BCUT2D eigenvalue weighted by Gasteiger charge is -2.22. The maximum atomic E-state index is 12.3. The van der Waals surface area contributed by atoms with E-state index in [1.807, 2.05) is 17.0 Å². The number of tetrazole rings is 1. The largest absolute Gasteiger partial charge is 0.497 e. The lowest BCUT2D eigenvalue weighted by molar-refractivity contribution is -0.131. The molecule has 0 atom stereocenters. The monoisotopic (exact) mass is 330 g/mol. The summed E-state index contributed by atoms with van der Waals surface area (Å²) in [5.74, 6) is 0.933. The van der Waals surface area contributed by atoms with Gasteiger partial charge in [0, 0.05) is 32.7 Å². The van der Waals surface area contributed by atoms with Gasteiger partial charge in [-0.3, -0.25) is 9.69 Å². The summed E-state index contributed by atoms with van der Waals surface area (Å²) in [6, 6.07) is 8.14. The highest BCUT2D eigenvalue weighted by Crippen LogP contribution is 2.14. The number of methoxy groups -OCH3 is 1. The summed E-state index contributed by atoms with van der Waals surface area (Å²) in [5, 5.41) is 10.9. The SMILES string of the molecule is COc1ccc(CN2CCCN(C(=O)Cn3cnnn3)CC2)cc1. The van der Waals surface area contributed by atoms with Crippen molar-refractivity contribution in [3.63, 3.8) is 0 Å². The average molecular weight is 330 g/mol. The Hall–Kier alpha value is -2.48. The van der Waals surface area contributed by atoms with E-state index in [4.69, 9.17) is 4.74 Å². The third-order valence-corrected chi connectivity index (χ3v) is 4.20. The van der Waals surface area contributed by atoms with Gasteiger partial charge in [-0.25, -0.2) is 4.68 Å². The molecule has 3 rings (SSSR count). The summed E-state index contributed by atoms with van der Waals surface area (Å²) < 4.78 is 6.65. The summed E-state index contributed by atoms with van der Waals surface area (Å²) in [5.41, 5.74) is 1.25. The molecule has 0 radical (unpaired) electrons. The first-order chi connectivity index (χ1) is 11.7. The molecule has 8 heteroatoms. The molecule has 0 aliphatic carbocycles. The van der Waals surface area contributed by atoms with Crippen molar-refractivity contribution in [3.05, 3.63) is 36.2 Å². The predicted octanol–water partition coefficient (Wildman–Crippen LogP) is 0.416. The maximum absolute atomic E-state index is 12.3. The molecule has 0 unspecified atom stereocenters. The molecule has 1 saturated heterocycles. The van der Waals surface area contributed by atoms with Gasteiger partial charge in [0.15, 0.2) is 0 Å². The van der Waals surface area contributed by atoms with Gasteiger partial charge in [-0.05, 0) is 34.5 Å². The minimum Gasteiger partial charge on any atom is -0.497 e. The molecule has 1 aromatic carbocycles. The van der Waals surface area contributed by atoms with Crippen molar-refractivity contribution >= 4 is 5.91 Å². The fourth-order valence-electron chi connectivity index (χ4n) is 2.86. The van der Waals surface area contributed by atoms with E-state index < -0.39 is 0 Å². The van der Waals surface area contributed by atoms with Crippen LogP contribution in [0.25, 0.3) is 0 Å². The van der Waals surface area contributed by atoms with Crippen LogP contribution < -0.4 is 4.74 Å². The van der Waals surface area contributed by atoms with Crippen molar-refractivity contribution in [2.24, 2.45) is 0 Å². The van der Waals surface area contributed by atoms with Crippen molar-refractivity contribution in [3.8, 4) is 5.75 Å². The van der Waals surface area contributed by atoms with Crippen molar-refractivity contribution in [2.75, 3.05) is 33.3 Å². The van der Waals surface area contributed by atoms with Gasteiger partial charge in [0.05, 0.1) is 7.11 Å². The first kappa shape index (κ1) is 16.4. The van der Waals surface area contributed by atoms with Crippen LogP contribution in [0.1, 0.15) is 12.0 Å². The topological polar surface area (TPSA) is 76.4 Å². The number of carbonyl (C=O) groups is 1. The van der Waals surface area contributed by atoms with E-state index in [2.05, 4.69) is 32.6 Å². The Kier molecular flexibility index (Phi) is 5.37. The van der Waals surface area contributed by atoms with E-state index in [9.17, 15) is 4.79 Å². The fourth-order valence-corrected chi connectivity index (χ4v) is 2.86. The summed E-state index contributed by atoms with van der Waals surface area (Å²) in [6.45, 7) is 4.45. The quantitative estimate of drug-likeness (QED) is 0.791. The molecule has 1 aliphatic rings. The van der Waals surface area contributed by atoms with Gasteiger partial charge in [-0.1, -0.05) is 12.1 Å². The van der Waals surface area contributed by atoms with Gasteiger partial charge in [0.2, 0.25) is 5.91 Å². The van der Waals surface area contributed by atoms with Crippen LogP contribution in [0.4, 0.5) is 0 Å². The molecule has 1 aromatic heterocycles. The van der Waals surface area contributed by atoms with Crippen LogP contribution in [0.3, 0.4) is 0 Å². The van der Waals surface area contributed by atoms with Crippen molar-refractivity contribution < 1.29 is 9.53 Å². The first-order valence-corrected chi connectivity index (χ1v) is 8.08. The first-order valence-electron chi connectivity index (χ1n) is 8.08. The molecule has 1 fully saturated rings. The zero-order valence-corrected chi connectivity index (χ0v) is 13.8.